The summed E-state index contributed by atoms with van der Waals surface area (Å²) in [5, 5.41) is 4.50. The molecule has 3 heterocycles. The predicted octanol–water partition coefficient (Wildman–Crippen LogP) is 2.56. The van der Waals surface area contributed by atoms with E-state index < -0.39 is 0 Å². The number of rotatable bonds is 5. The predicted molar refractivity (Wildman–Crippen MR) is 98.8 cm³/mol. The summed E-state index contributed by atoms with van der Waals surface area (Å²) in [5.41, 5.74) is 8.60. The van der Waals surface area contributed by atoms with E-state index in [0.29, 0.717) is 18.4 Å². The molecule has 2 N–H and O–H groups in total. The van der Waals surface area contributed by atoms with Crippen LogP contribution in [-0.2, 0) is 6.54 Å². The van der Waals surface area contributed by atoms with Crippen LogP contribution in [0.4, 0.5) is 5.95 Å². The molecule has 0 spiro atoms. The number of nitrogens with two attached hydrogens (primary N) is 1. The van der Waals surface area contributed by atoms with E-state index in [2.05, 4.69) is 22.0 Å². The van der Waals surface area contributed by atoms with Crippen molar-refractivity contribution in [2.24, 2.45) is 0 Å². The van der Waals surface area contributed by atoms with Gasteiger partial charge < -0.3 is 10.6 Å². The van der Waals surface area contributed by atoms with Crippen molar-refractivity contribution in [2.75, 3.05) is 18.8 Å². The maximum Gasteiger partial charge on any atom is 0.257 e. The van der Waals surface area contributed by atoms with E-state index in [0.717, 1.165) is 49.3 Å². The zero-order valence-electron chi connectivity index (χ0n) is 15.3. The van der Waals surface area contributed by atoms with Crippen LogP contribution in [0.25, 0.3) is 0 Å². The Morgan fingerprint density at radius 3 is 2.88 bits per heavy atom. The normalized spacial score (nSPS) is 20.3. The molecule has 26 heavy (non-hydrogen) atoms. The Labute approximate surface area is 153 Å². The monoisotopic (exact) mass is 354 g/mol. The van der Waals surface area contributed by atoms with E-state index >= 15 is 0 Å². The summed E-state index contributed by atoms with van der Waals surface area (Å²) in [6.45, 7) is 4.49. The number of piperidine rings is 1. The highest BCUT2D eigenvalue weighted by Crippen LogP contribution is 2.42. The fraction of sp³-hybridized carbons (Fsp3) is 0.579. The Hall–Kier alpha value is -2.44. The van der Waals surface area contributed by atoms with Crippen LogP contribution in [0.2, 0.25) is 0 Å². The van der Waals surface area contributed by atoms with Gasteiger partial charge in [-0.3, -0.25) is 9.48 Å². The first kappa shape index (κ1) is 17.0. The topological polar surface area (TPSA) is 89.9 Å². The molecule has 2 aliphatic rings. The van der Waals surface area contributed by atoms with Crippen LogP contribution in [0.1, 0.15) is 72.6 Å². The number of anilines is 1. The maximum absolute atomic E-state index is 13.2. The van der Waals surface area contributed by atoms with Gasteiger partial charge in [0.2, 0.25) is 5.95 Å². The number of hydrogen-bond donors (Lipinski definition) is 1. The third-order valence-corrected chi connectivity index (χ3v) is 5.33. The van der Waals surface area contributed by atoms with Crippen molar-refractivity contribution in [3.05, 3.63) is 35.4 Å². The fourth-order valence-electron chi connectivity index (χ4n) is 3.93. The van der Waals surface area contributed by atoms with Crippen LogP contribution >= 0.6 is 0 Å². The zero-order chi connectivity index (χ0) is 18.1. The average Bonchev–Trinajstić information content (AvgIpc) is 3.42. The standard InChI is InChI=1S/C19H26N6O/c1-2-9-25-17(13-5-6-13)15(11-22-25)18(26)24-10-3-4-14(12-24)16-7-8-21-19(20)23-16/h7-8,11,13-14H,2-6,9-10,12H2,1H3,(H2,20,21,23). The third-order valence-electron chi connectivity index (χ3n) is 5.33. The first-order chi connectivity index (χ1) is 12.7. The van der Waals surface area contributed by atoms with E-state index in [1.807, 2.05) is 15.6 Å². The van der Waals surface area contributed by atoms with E-state index in [9.17, 15) is 4.79 Å². The Morgan fingerprint density at radius 1 is 1.31 bits per heavy atom. The van der Waals surface area contributed by atoms with Gasteiger partial charge in [-0.2, -0.15) is 5.10 Å². The first-order valence-electron chi connectivity index (χ1n) is 9.60. The second kappa shape index (κ2) is 7.05. The van der Waals surface area contributed by atoms with Crippen LogP contribution in [-0.4, -0.2) is 43.6 Å². The molecule has 1 aliphatic heterocycles. The highest BCUT2D eigenvalue weighted by molar-refractivity contribution is 5.95. The SMILES string of the molecule is CCCn1ncc(C(=O)N2CCCC(c3ccnc(N)n3)C2)c1C1CC1. The van der Waals surface area contributed by atoms with Crippen molar-refractivity contribution in [2.45, 2.75) is 57.4 Å². The molecule has 2 fully saturated rings. The maximum atomic E-state index is 13.2. The van der Waals surface area contributed by atoms with Crippen LogP contribution in [0.3, 0.4) is 0 Å². The van der Waals surface area contributed by atoms with Gasteiger partial charge in [0.15, 0.2) is 0 Å². The van der Waals surface area contributed by atoms with Gasteiger partial charge in [0.1, 0.15) is 0 Å². The molecule has 0 bridgehead atoms. The van der Waals surface area contributed by atoms with E-state index in [1.54, 1.807) is 12.4 Å². The number of nitrogens with zero attached hydrogens (tertiary/aromatic N) is 5. The lowest BCUT2D eigenvalue weighted by Gasteiger charge is -2.32. The largest absolute Gasteiger partial charge is 0.368 e. The highest BCUT2D eigenvalue weighted by Gasteiger charge is 2.35. The summed E-state index contributed by atoms with van der Waals surface area (Å²) in [7, 11) is 0. The minimum absolute atomic E-state index is 0.112. The summed E-state index contributed by atoms with van der Waals surface area (Å²) in [4.78, 5) is 23.5. The summed E-state index contributed by atoms with van der Waals surface area (Å²) in [6.07, 6.45) is 8.82. The van der Waals surface area contributed by atoms with Gasteiger partial charge in [-0.1, -0.05) is 6.92 Å². The summed E-state index contributed by atoms with van der Waals surface area (Å²) >= 11 is 0. The van der Waals surface area contributed by atoms with Crippen LogP contribution in [0.5, 0.6) is 0 Å². The van der Waals surface area contributed by atoms with Gasteiger partial charge in [0, 0.05) is 37.7 Å². The second-order valence-corrected chi connectivity index (χ2v) is 7.37. The van der Waals surface area contributed by atoms with Gasteiger partial charge in [0.25, 0.3) is 5.91 Å². The van der Waals surface area contributed by atoms with Gasteiger partial charge >= 0.3 is 0 Å². The van der Waals surface area contributed by atoms with E-state index in [4.69, 9.17) is 5.73 Å². The fourth-order valence-corrected chi connectivity index (χ4v) is 3.93. The van der Waals surface area contributed by atoms with Crippen LogP contribution < -0.4 is 5.73 Å². The molecule has 2 aromatic rings. The van der Waals surface area contributed by atoms with Crippen molar-refractivity contribution in [1.82, 2.24) is 24.6 Å². The molecule has 1 atom stereocenters. The number of carbonyl (C=O) groups excluding carboxylic acids is 1. The molecule has 1 unspecified atom stereocenters. The lowest BCUT2D eigenvalue weighted by Crippen LogP contribution is -2.39. The molecular formula is C19H26N6O. The molecule has 138 valence electrons. The zero-order valence-corrected chi connectivity index (χ0v) is 15.3. The number of hydrogen-bond acceptors (Lipinski definition) is 5. The molecule has 0 radical (unpaired) electrons. The van der Waals surface area contributed by atoms with Crippen LogP contribution in [0.15, 0.2) is 18.5 Å². The van der Waals surface area contributed by atoms with Gasteiger partial charge in [-0.25, -0.2) is 9.97 Å². The number of likely N-dealkylation sites (tertiary alicyclic amines) is 1. The first-order valence-corrected chi connectivity index (χ1v) is 9.60. The Bertz CT molecular complexity index is 797. The highest BCUT2D eigenvalue weighted by atomic mass is 16.2. The summed E-state index contributed by atoms with van der Waals surface area (Å²) in [5.74, 6) is 1.13. The van der Waals surface area contributed by atoms with E-state index in [1.165, 1.54) is 12.8 Å². The molecule has 2 aromatic heterocycles. The summed E-state index contributed by atoms with van der Waals surface area (Å²) < 4.78 is 2.04. The molecule has 1 saturated carbocycles. The molecule has 0 aromatic carbocycles. The van der Waals surface area contributed by atoms with Crippen molar-refractivity contribution in [3.63, 3.8) is 0 Å². The van der Waals surface area contributed by atoms with Crippen molar-refractivity contribution in [1.29, 1.82) is 0 Å². The molecule has 7 heteroatoms. The quantitative estimate of drug-likeness (QED) is 0.891. The molecule has 4 rings (SSSR count). The molecule has 1 amide bonds. The molecule has 1 saturated heterocycles. The Kier molecular flexibility index (Phi) is 4.61. The molecule has 7 nitrogen and oxygen atoms in total. The average molecular weight is 354 g/mol. The summed E-state index contributed by atoms with van der Waals surface area (Å²) in [6, 6.07) is 1.91. The Morgan fingerprint density at radius 2 is 2.15 bits per heavy atom. The van der Waals surface area contributed by atoms with Crippen molar-refractivity contribution >= 4 is 11.9 Å². The van der Waals surface area contributed by atoms with E-state index in [-0.39, 0.29) is 11.8 Å². The lowest BCUT2D eigenvalue weighted by molar-refractivity contribution is 0.0704. The second-order valence-electron chi connectivity index (χ2n) is 7.37. The van der Waals surface area contributed by atoms with Gasteiger partial charge in [-0.05, 0) is 38.2 Å². The van der Waals surface area contributed by atoms with Gasteiger partial charge in [0.05, 0.1) is 23.1 Å². The Balaban J connectivity index is 1.55. The molecule has 1 aliphatic carbocycles. The number of aromatic nitrogens is 4. The molecular weight excluding hydrogens is 328 g/mol. The number of amides is 1. The minimum atomic E-state index is 0.112. The number of nitrogen functional groups attached to an aromatic ring is 1. The smallest absolute Gasteiger partial charge is 0.257 e. The van der Waals surface area contributed by atoms with Crippen molar-refractivity contribution in [3.8, 4) is 0 Å². The number of carbonyl (C=O) groups is 1. The van der Waals surface area contributed by atoms with Gasteiger partial charge in [-0.15, -0.1) is 0 Å². The third kappa shape index (κ3) is 3.30. The number of aryl methyl sites for hydroxylation is 1. The lowest BCUT2D eigenvalue weighted by atomic mass is 9.94. The van der Waals surface area contributed by atoms with Crippen LogP contribution in [0, 0.1) is 0 Å². The van der Waals surface area contributed by atoms with Crippen molar-refractivity contribution < 1.29 is 4.79 Å². The minimum Gasteiger partial charge on any atom is -0.368 e.